The number of fused-ring (bicyclic) bond motifs is 1. The molecule has 2 rings (SSSR count). The third kappa shape index (κ3) is 2.59. The third-order valence-corrected chi connectivity index (χ3v) is 4.25. The van der Waals surface area contributed by atoms with Crippen LogP contribution in [-0.2, 0) is 26.0 Å². The Hall–Kier alpha value is -1.93. The molecule has 1 aromatic rings. The van der Waals surface area contributed by atoms with Gasteiger partial charge in [0.1, 0.15) is 6.54 Å². The molecule has 0 fully saturated rings. The molecule has 1 aromatic carbocycles. The van der Waals surface area contributed by atoms with Crippen molar-refractivity contribution in [3.05, 3.63) is 23.8 Å². The first-order chi connectivity index (χ1) is 8.81. The largest absolute Gasteiger partial charge is 0.480 e. The van der Waals surface area contributed by atoms with Crippen molar-refractivity contribution in [3.63, 3.8) is 0 Å². The molecule has 0 aromatic heterocycles. The summed E-state index contributed by atoms with van der Waals surface area (Å²) in [4.78, 5) is 23.3. The standard InChI is InChI=1S/C11H12N2O5S/c1-13-9-3-2-8(4-7(9)5-10(13)14)19(17,18)12-6-11(15)16/h2-4,12H,5-6H2,1H3,(H,15,16). The SMILES string of the molecule is CN1C(=O)Cc2cc(S(=O)(=O)NCC(=O)O)ccc21. The zero-order valence-corrected chi connectivity index (χ0v) is 10.9. The van der Waals surface area contributed by atoms with E-state index >= 15 is 0 Å². The number of anilines is 1. The van der Waals surface area contributed by atoms with Gasteiger partial charge < -0.3 is 10.0 Å². The van der Waals surface area contributed by atoms with Crippen LogP contribution in [-0.4, -0.2) is 39.0 Å². The summed E-state index contributed by atoms with van der Waals surface area (Å²) in [6, 6.07) is 4.27. The minimum absolute atomic E-state index is 0.0457. The molecule has 1 aliphatic rings. The Labute approximate surface area is 109 Å². The third-order valence-electron chi connectivity index (χ3n) is 2.85. The van der Waals surface area contributed by atoms with Crippen LogP contribution in [0.1, 0.15) is 5.56 Å². The fourth-order valence-corrected chi connectivity index (χ4v) is 2.88. The van der Waals surface area contributed by atoms with Gasteiger partial charge >= 0.3 is 5.97 Å². The van der Waals surface area contributed by atoms with Crippen molar-refractivity contribution in [1.82, 2.24) is 4.72 Å². The van der Waals surface area contributed by atoms with Crippen LogP contribution >= 0.6 is 0 Å². The lowest BCUT2D eigenvalue weighted by Gasteiger charge is -2.10. The van der Waals surface area contributed by atoms with Gasteiger partial charge in [0.15, 0.2) is 0 Å². The molecule has 0 aliphatic carbocycles. The fraction of sp³-hybridized carbons (Fsp3) is 0.273. The van der Waals surface area contributed by atoms with Gasteiger partial charge in [-0.25, -0.2) is 8.42 Å². The maximum atomic E-state index is 11.8. The molecule has 0 saturated carbocycles. The van der Waals surface area contributed by atoms with E-state index in [0.29, 0.717) is 11.3 Å². The van der Waals surface area contributed by atoms with Gasteiger partial charge in [-0.05, 0) is 23.8 Å². The van der Waals surface area contributed by atoms with Crippen molar-refractivity contribution in [3.8, 4) is 0 Å². The molecule has 19 heavy (non-hydrogen) atoms. The van der Waals surface area contributed by atoms with E-state index in [9.17, 15) is 18.0 Å². The number of carbonyl (C=O) groups excluding carboxylic acids is 1. The lowest BCUT2D eigenvalue weighted by Crippen LogP contribution is -2.29. The molecule has 0 radical (unpaired) electrons. The Kier molecular flexibility index (Phi) is 3.29. The van der Waals surface area contributed by atoms with E-state index in [1.165, 1.54) is 23.1 Å². The van der Waals surface area contributed by atoms with Crippen molar-refractivity contribution >= 4 is 27.6 Å². The molecule has 0 bridgehead atoms. The summed E-state index contributed by atoms with van der Waals surface area (Å²) in [6.45, 7) is -0.682. The first-order valence-electron chi connectivity index (χ1n) is 5.42. The highest BCUT2D eigenvalue weighted by Crippen LogP contribution is 2.29. The maximum Gasteiger partial charge on any atom is 0.318 e. The number of carboxylic acids is 1. The van der Waals surface area contributed by atoms with Crippen molar-refractivity contribution in [1.29, 1.82) is 0 Å². The number of sulfonamides is 1. The molecule has 2 N–H and O–H groups in total. The minimum Gasteiger partial charge on any atom is -0.480 e. The quantitative estimate of drug-likeness (QED) is 0.780. The molecule has 1 aliphatic heterocycles. The van der Waals surface area contributed by atoms with Crippen molar-refractivity contribution in [2.24, 2.45) is 0 Å². The maximum absolute atomic E-state index is 11.8. The van der Waals surface area contributed by atoms with Crippen molar-refractivity contribution in [2.45, 2.75) is 11.3 Å². The van der Waals surface area contributed by atoms with E-state index in [1.54, 1.807) is 7.05 Å². The van der Waals surface area contributed by atoms with Gasteiger partial charge in [0.25, 0.3) is 0 Å². The monoisotopic (exact) mass is 284 g/mol. The van der Waals surface area contributed by atoms with Gasteiger partial charge in [-0.2, -0.15) is 4.72 Å². The first kappa shape index (κ1) is 13.5. The Morgan fingerprint density at radius 1 is 1.47 bits per heavy atom. The number of benzene rings is 1. The van der Waals surface area contributed by atoms with Gasteiger partial charge in [-0.15, -0.1) is 0 Å². The summed E-state index contributed by atoms with van der Waals surface area (Å²) >= 11 is 0. The van der Waals surface area contributed by atoms with Gasteiger partial charge in [0.05, 0.1) is 11.3 Å². The Balaban J connectivity index is 2.31. The average molecular weight is 284 g/mol. The zero-order chi connectivity index (χ0) is 14.2. The van der Waals surface area contributed by atoms with Gasteiger partial charge in [0.2, 0.25) is 15.9 Å². The molecule has 0 saturated heterocycles. The number of nitrogens with one attached hydrogen (secondary N) is 1. The number of likely N-dealkylation sites (N-methyl/N-ethyl adjacent to an activating group) is 1. The van der Waals surface area contributed by atoms with E-state index in [2.05, 4.69) is 0 Å². The Morgan fingerprint density at radius 2 is 2.16 bits per heavy atom. The van der Waals surface area contributed by atoms with Gasteiger partial charge in [0, 0.05) is 12.7 Å². The first-order valence-corrected chi connectivity index (χ1v) is 6.90. The molecule has 0 spiro atoms. The molecule has 8 heteroatoms. The van der Waals surface area contributed by atoms with E-state index in [-0.39, 0.29) is 17.2 Å². The number of hydrogen-bond acceptors (Lipinski definition) is 4. The summed E-state index contributed by atoms with van der Waals surface area (Å²) in [7, 11) is -2.26. The van der Waals surface area contributed by atoms with Crippen LogP contribution in [0.4, 0.5) is 5.69 Å². The molecule has 0 unspecified atom stereocenters. The normalized spacial score (nSPS) is 14.6. The number of carboxylic acid groups (broad SMARTS) is 1. The molecule has 7 nitrogen and oxygen atoms in total. The van der Waals surface area contributed by atoms with Crippen LogP contribution in [0.3, 0.4) is 0 Å². The fourth-order valence-electron chi connectivity index (χ4n) is 1.85. The summed E-state index contributed by atoms with van der Waals surface area (Å²) in [5.41, 5.74) is 1.29. The van der Waals surface area contributed by atoms with Crippen LogP contribution in [0, 0.1) is 0 Å². The highest BCUT2D eigenvalue weighted by molar-refractivity contribution is 7.89. The van der Waals surface area contributed by atoms with Crippen molar-refractivity contribution < 1.29 is 23.1 Å². The molecular weight excluding hydrogens is 272 g/mol. The number of hydrogen-bond donors (Lipinski definition) is 2. The molecule has 102 valence electrons. The van der Waals surface area contributed by atoms with E-state index < -0.39 is 22.5 Å². The van der Waals surface area contributed by atoms with Crippen LogP contribution in [0.2, 0.25) is 0 Å². The summed E-state index contributed by atoms with van der Waals surface area (Å²) in [5, 5.41) is 8.47. The Morgan fingerprint density at radius 3 is 2.79 bits per heavy atom. The highest BCUT2D eigenvalue weighted by Gasteiger charge is 2.26. The number of nitrogens with zero attached hydrogens (tertiary/aromatic N) is 1. The predicted molar refractivity (Wildman–Crippen MR) is 66.4 cm³/mol. The second-order valence-corrected chi connectivity index (χ2v) is 5.91. The van der Waals surface area contributed by atoms with Crippen LogP contribution in [0.25, 0.3) is 0 Å². The zero-order valence-electron chi connectivity index (χ0n) is 10.1. The highest BCUT2D eigenvalue weighted by atomic mass is 32.2. The smallest absolute Gasteiger partial charge is 0.318 e. The molecule has 1 heterocycles. The number of rotatable bonds is 4. The van der Waals surface area contributed by atoms with Gasteiger partial charge in [-0.1, -0.05) is 0 Å². The predicted octanol–water partition coefficient (Wildman–Crippen LogP) is -0.432. The number of aliphatic carboxylic acids is 1. The van der Waals surface area contributed by atoms with Crippen LogP contribution in [0.5, 0.6) is 0 Å². The van der Waals surface area contributed by atoms with Gasteiger partial charge in [-0.3, -0.25) is 9.59 Å². The lowest BCUT2D eigenvalue weighted by atomic mass is 10.2. The average Bonchev–Trinajstić information content (AvgIpc) is 2.62. The second-order valence-electron chi connectivity index (χ2n) is 4.14. The molecule has 0 atom stereocenters. The summed E-state index contributed by atoms with van der Waals surface area (Å²) < 4.78 is 25.6. The van der Waals surface area contributed by atoms with E-state index in [1.807, 2.05) is 4.72 Å². The minimum atomic E-state index is -3.87. The molecular formula is C11H12N2O5S. The Bertz CT molecular complexity index is 653. The topological polar surface area (TPSA) is 104 Å². The number of carbonyl (C=O) groups is 2. The lowest BCUT2D eigenvalue weighted by molar-refractivity contribution is -0.135. The van der Waals surface area contributed by atoms with Crippen LogP contribution < -0.4 is 9.62 Å². The molecule has 1 amide bonds. The number of amides is 1. The van der Waals surface area contributed by atoms with E-state index in [4.69, 9.17) is 5.11 Å². The van der Waals surface area contributed by atoms with E-state index in [0.717, 1.165) is 0 Å². The van der Waals surface area contributed by atoms with Crippen molar-refractivity contribution in [2.75, 3.05) is 18.5 Å². The second kappa shape index (κ2) is 4.63. The van der Waals surface area contributed by atoms with Crippen LogP contribution in [0.15, 0.2) is 23.1 Å². The summed E-state index contributed by atoms with van der Waals surface area (Å²) in [5.74, 6) is -1.37. The summed E-state index contributed by atoms with van der Waals surface area (Å²) in [6.07, 6.45) is 0.147.